The van der Waals surface area contributed by atoms with Gasteiger partial charge >= 0.3 is 11.9 Å². The van der Waals surface area contributed by atoms with Crippen LogP contribution >= 0.6 is 0 Å². The second kappa shape index (κ2) is 7.05. The Hall–Kier alpha value is -2.68. The fourth-order valence-electron chi connectivity index (χ4n) is 2.34. The van der Waals surface area contributed by atoms with Gasteiger partial charge in [0.1, 0.15) is 5.56 Å². The molecule has 9 heteroatoms. The Balaban J connectivity index is 2.63. The van der Waals surface area contributed by atoms with Crippen molar-refractivity contribution in [2.45, 2.75) is 0 Å². The summed E-state index contributed by atoms with van der Waals surface area (Å²) in [6, 6.07) is 2.34. The predicted molar refractivity (Wildman–Crippen MR) is 78.8 cm³/mol. The predicted octanol–water partition coefficient (Wildman–Crippen LogP) is 1.00. The van der Waals surface area contributed by atoms with Gasteiger partial charge in [-0.05, 0) is 6.07 Å². The van der Waals surface area contributed by atoms with E-state index in [1.165, 1.54) is 13.2 Å². The van der Waals surface area contributed by atoms with Crippen LogP contribution in [0.2, 0.25) is 0 Å². The van der Waals surface area contributed by atoms with Crippen LogP contribution in [0.3, 0.4) is 0 Å². The number of carbonyl (C=O) groups excluding carboxylic acids is 2. The average Bonchev–Trinajstić information content (AvgIpc) is 2.59. The molecule has 0 aromatic heterocycles. The van der Waals surface area contributed by atoms with E-state index >= 15 is 0 Å². The van der Waals surface area contributed by atoms with E-state index in [4.69, 9.17) is 9.47 Å². The first-order valence-electron chi connectivity index (χ1n) is 6.81. The molecule has 0 radical (unpaired) electrons. The highest BCUT2D eigenvalue weighted by atomic mass is 16.6. The van der Waals surface area contributed by atoms with Gasteiger partial charge in [-0.3, -0.25) is 10.1 Å². The molecule has 2 rings (SSSR count). The summed E-state index contributed by atoms with van der Waals surface area (Å²) < 4.78 is 14.5. The molecule has 0 unspecified atom stereocenters. The van der Waals surface area contributed by atoms with Crippen molar-refractivity contribution in [3.63, 3.8) is 0 Å². The molecule has 0 aliphatic carbocycles. The normalized spacial score (nSPS) is 14.3. The minimum absolute atomic E-state index is 0.0220. The van der Waals surface area contributed by atoms with E-state index in [0.29, 0.717) is 32.0 Å². The van der Waals surface area contributed by atoms with E-state index < -0.39 is 22.5 Å². The number of benzene rings is 1. The van der Waals surface area contributed by atoms with E-state index in [0.717, 1.165) is 13.2 Å². The molecule has 23 heavy (non-hydrogen) atoms. The summed E-state index contributed by atoms with van der Waals surface area (Å²) in [5.41, 5.74) is -0.319. The van der Waals surface area contributed by atoms with Gasteiger partial charge in [0.2, 0.25) is 0 Å². The summed E-state index contributed by atoms with van der Waals surface area (Å²) in [6.07, 6.45) is 0. The molecule has 1 aromatic rings. The van der Waals surface area contributed by atoms with Crippen molar-refractivity contribution in [1.82, 2.24) is 0 Å². The van der Waals surface area contributed by atoms with Crippen LogP contribution in [0, 0.1) is 10.1 Å². The van der Waals surface area contributed by atoms with Gasteiger partial charge < -0.3 is 19.1 Å². The third-order valence-corrected chi connectivity index (χ3v) is 3.47. The zero-order chi connectivity index (χ0) is 17.0. The fraction of sp³-hybridized carbons (Fsp3) is 0.429. The number of morpholine rings is 1. The molecule has 1 fully saturated rings. The fourth-order valence-corrected chi connectivity index (χ4v) is 2.34. The lowest BCUT2D eigenvalue weighted by Crippen LogP contribution is -2.37. The Labute approximate surface area is 131 Å². The van der Waals surface area contributed by atoms with E-state index in [1.54, 1.807) is 0 Å². The summed E-state index contributed by atoms with van der Waals surface area (Å²) >= 11 is 0. The quantitative estimate of drug-likeness (QED) is 0.458. The van der Waals surface area contributed by atoms with Gasteiger partial charge in [-0.1, -0.05) is 0 Å². The Morgan fingerprint density at radius 2 is 1.70 bits per heavy atom. The molecule has 1 heterocycles. The first kappa shape index (κ1) is 16.7. The first-order valence-corrected chi connectivity index (χ1v) is 6.81. The first-order chi connectivity index (χ1) is 11.0. The van der Waals surface area contributed by atoms with Crippen molar-refractivity contribution in [2.24, 2.45) is 0 Å². The van der Waals surface area contributed by atoms with Gasteiger partial charge in [-0.2, -0.15) is 0 Å². The van der Waals surface area contributed by atoms with Crippen LogP contribution in [0.1, 0.15) is 20.7 Å². The van der Waals surface area contributed by atoms with Gasteiger partial charge in [0, 0.05) is 19.2 Å². The number of carbonyl (C=O) groups is 2. The number of nitro benzene ring substituents is 1. The molecule has 0 atom stereocenters. The molecule has 9 nitrogen and oxygen atoms in total. The summed E-state index contributed by atoms with van der Waals surface area (Å²) in [5.74, 6) is -1.56. The van der Waals surface area contributed by atoms with Crippen LogP contribution in [0.5, 0.6) is 0 Å². The number of hydrogen-bond acceptors (Lipinski definition) is 8. The second-order valence-electron chi connectivity index (χ2n) is 4.73. The standard InChI is InChI=1S/C14H16N2O7/c1-21-13(17)9-8-12(16(19)20)10(14(18)22-2)7-11(9)15-3-5-23-6-4-15/h7-8H,3-6H2,1-2H3. The van der Waals surface area contributed by atoms with Crippen LogP contribution in [0.15, 0.2) is 12.1 Å². The maximum atomic E-state index is 12.0. The zero-order valence-electron chi connectivity index (χ0n) is 12.7. The summed E-state index contributed by atoms with van der Waals surface area (Å²) in [4.78, 5) is 36.1. The third kappa shape index (κ3) is 3.39. The number of anilines is 1. The molecule has 1 aliphatic heterocycles. The molecule has 1 saturated heterocycles. The molecule has 0 bridgehead atoms. The van der Waals surface area contributed by atoms with Gasteiger partial charge in [0.25, 0.3) is 5.69 Å². The molecule has 0 spiro atoms. The molecular weight excluding hydrogens is 308 g/mol. The molecule has 0 N–H and O–H groups in total. The Bertz CT molecular complexity index is 638. The number of hydrogen-bond donors (Lipinski definition) is 0. The van der Waals surface area contributed by atoms with E-state index in [2.05, 4.69) is 4.74 Å². The van der Waals surface area contributed by atoms with Crippen molar-refractivity contribution in [1.29, 1.82) is 0 Å². The topological polar surface area (TPSA) is 108 Å². The Morgan fingerprint density at radius 1 is 1.13 bits per heavy atom. The van der Waals surface area contributed by atoms with E-state index in [-0.39, 0.29) is 11.1 Å². The average molecular weight is 324 g/mol. The molecule has 0 saturated carbocycles. The Morgan fingerprint density at radius 3 is 2.22 bits per heavy atom. The highest BCUT2D eigenvalue weighted by Gasteiger charge is 2.29. The lowest BCUT2D eigenvalue weighted by atomic mass is 10.0. The lowest BCUT2D eigenvalue weighted by molar-refractivity contribution is -0.385. The number of nitrogens with zero attached hydrogens (tertiary/aromatic N) is 2. The van der Waals surface area contributed by atoms with Gasteiger partial charge in [-0.25, -0.2) is 9.59 Å². The van der Waals surface area contributed by atoms with Crippen molar-refractivity contribution in [2.75, 3.05) is 45.4 Å². The van der Waals surface area contributed by atoms with Crippen molar-refractivity contribution in [3.8, 4) is 0 Å². The highest BCUT2D eigenvalue weighted by Crippen LogP contribution is 2.31. The van der Waals surface area contributed by atoms with Gasteiger partial charge in [0.15, 0.2) is 0 Å². The zero-order valence-corrected chi connectivity index (χ0v) is 12.7. The molecule has 1 aliphatic rings. The van der Waals surface area contributed by atoms with Crippen LogP contribution in [-0.4, -0.2) is 57.4 Å². The number of rotatable bonds is 4. The lowest BCUT2D eigenvalue weighted by Gasteiger charge is -2.30. The smallest absolute Gasteiger partial charge is 0.344 e. The number of esters is 2. The second-order valence-corrected chi connectivity index (χ2v) is 4.73. The van der Waals surface area contributed by atoms with Gasteiger partial charge in [0.05, 0.1) is 43.6 Å². The van der Waals surface area contributed by atoms with Crippen LogP contribution in [0.4, 0.5) is 11.4 Å². The van der Waals surface area contributed by atoms with Crippen LogP contribution in [-0.2, 0) is 14.2 Å². The molecule has 1 aromatic carbocycles. The number of nitro groups is 1. The highest BCUT2D eigenvalue weighted by molar-refractivity contribution is 6.02. The monoisotopic (exact) mass is 324 g/mol. The SMILES string of the molecule is COC(=O)c1cc([N+](=O)[O-])c(C(=O)OC)cc1N1CCOCC1. The number of ether oxygens (including phenoxy) is 3. The van der Waals surface area contributed by atoms with E-state index in [9.17, 15) is 19.7 Å². The molecule has 0 amide bonds. The summed E-state index contributed by atoms with van der Waals surface area (Å²) in [5, 5.41) is 11.2. The maximum absolute atomic E-state index is 12.0. The Kier molecular flexibility index (Phi) is 5.12. The largest absolute Gasteiger partial charge is 0.465 e. The molecule has 124 valence electrons. The summed E-state index contributed by atoms with van der Waals surface area (Å²) in [7, 11) is 2.32. The van der Waals surface area contributed by atoms with Crippen LogP contribution in [0.25, 0.3) is 0 Å². The van der Waals surface area contributed by atoms with Gasteiger partial charge in [-0.15, -0.1) is 0 Å². The maximum Gasteiger partial charge on any atom is 0.344 e. The van der Waals surface area contributed by atoms with E-state index in [1.807, 2.05) is 4.90 Å². The minimum atomic E-state index is -0.845. The van der Waals surface area contributed by atoms with Crippen LogP contribution < -0.4 is 4.90 Å². The molecular formula is C14H16N2O7. The minimum Gasteiger partial charge on any atom is -0.465 e. The van der Waals surface area contributed by atoms with Crippen molar-refractivity contribution < 1.29 is 28.7 Å². The summed E-state index contributed by atoms with van der Waals surface area (Å²) in [6.45, 7) is 1.88. The van der Waals surface area contributed by atoms with Crippen molar-refractivity contribution in [3.05, 3.63) is 33.4 Å². The number of methoxy groups -OCH3 is 2. The van der Waals surface area contributed by atoms with Crippen molar-refractivity contribution >= 4 is 23.3 Å². The third-order valence-electron chi connectivity index (χ3n) is 3.47.